The molecule has 2 saturated carbocycles. The number of rotatable bonds is 5. The highest BCUT2D eigenvalue weighted by molar-refractivity contribution is 5.91. The molecule has 2 heterocycles. The second-order valence-corrected chi connectivity index (χ2v) is 8.38. The molecule has 6 heteroatoms. The van der Waals surface area contributed by atoms with E-state index in [-0.39, 0.29) is 17.4 Å². The fraction of sp³-hybridized carbons (Fsp3) is 0.750. The summed E-state index contributed by atoms with van der Waals surface area (Å²) >= 11 is 0. The van der Waals surface area contributed by atoms with Gasteiger partial charge in [0.05, 0.1) is 0 Å². The quantitative estimate of drug-likeness (QED) is 0.876. The molecule has 6 nitrogen and oxygen atoms in total. The molecule has 3 fully saturated rings. The molecule has 0 unspecified atom stereocenters. The molecule has 0 bridgehead atoms. The van der Waals surface area contributed by atoms with Crippen LogP contribution in [0.2, 0.25) is 0 Å². The van der Waals surface area contributed by atoms with Crippen molar-refractivity contribution in [2.75, 3.05) is 13.1 Å². The number of carbonyl (C=O) groups excluding carboxylic acids is 2. The van der Waals surface area contributed by atoms with Crippen molar-refractivity contribution in [3.63, 3.8) is 0 Å². The highest BCUT2D eigenvalue weighted by Gasteiger charge is 2.50. The summed E-state index contributed by atoms with van der Waals surface area (Å²) in [5.74, 6) is 0.796. The van der Waals surface area contributed by atoms with Crippen molar-refractivity contribution in [2.24, 2.45) is 11.3 Å². The van der Waals surface area contributed by atoms with Gasteiger partial charge in [-0.3, -0.25) is 9.59 Å². The zero-order valence-corrected chi connectivity index (χ0v) is 15.4. The number of likely N-dealkylation sites (tertiary alicyclic amines) is 1. The number of carbonyl (C=O) groups is 2. The van der Waals surface area contributed by atoms with E-state index in [9.17, 15) is 9.59 Å². The summed E-state index contributed by atoms with van der Waals surface area (Å²) in [6.07, 6.45) is 13.9. The van der Waals surface area contributed by atoms with Crippen LogP contribution in [0, 0.1) is 11.3 Å². The Kier molecular flexibility index (Phi) is 5.00. The van der Waals surface area contributed by atoms with Crippen molar-refractivity contribution >= 4 is 11.8 Å². The van der Waals surface area contributed by atoms with Crippen LogP contribution in [0.25, 0.3) is 0 Å². The Balaban J connectivity index is 1.44. The normalized spacial score (nSPS) is 29.6. The van der Waals surface area contributed by atoms with Crippen LogP contribution in [0.5, 0.6) is 0 Å². The molecule has 1 saturated heterocycles. The van der Waals surface area contributed by atoms with Gasteiger partial charge in [-0.05, 0) is 38.0 Å². The standard InChI is InChI=1S/C20H29N3O3/c24-18-8-10-20(13-21-19(25)16-12-26-14-22-16)9-4-7-17(20)23(18)11-15-5-2-1-3-6-15/h12,14-15,17H,1-11,13H2,(H,21,25)/t17-,20+/m1/s1. The average Bonchev–Trinajstić information content (AvgIpc) is 3.33. The molecule has 1 N–H and O–H groups in total. The highest BCUT2D eigenvalue weighted by atomic mass is 16.3. The summed E-state index contributed by atoms with van der Waals surface area (Å²) in [7, 11) is 0. The molecule has 142 valence electrons. The fourth-order valence-corrected chi connectivity index (χ4v) is 5.41. The lowest BCUT2D eigenvalue weighted by Crippen LogP contribution is -2.57. The lowest BCUT2D eigenvalue weighted by Gasteiger charge is -2.47. The second-order valence-electron chi connectivity index (χ2n) is 8.38. The number of amides is 2. The zero-order chi connectivity index (χ0) is 18.0. The largest absolute Gasteiger partial charge is 0.451 e. The molecule has 0 aromatic carbocycles. The van der Waals surface area contributed by atoms with E-state index in [1.807, 2.05) is 0 Å². The zero-order valence-electron chi connectivity index (χ0n) is 15.4. The first-order valence-corrected chi connectivity index (χ1v) is 10.1. The number of nitrogens with zero attached hydrogens (tertiary/aromatic N) is 2. The summed E-state index contributed by atoms with van der Waals surface area (Å²) in [5.41, 5.74) is 0.351. The molecule has 2 atom stereocenters. The summed E-state index contributed by atoms with van der Waals surface area (Å²) in [5, 5.41) is 3.06. The maximum Gasteiger partial charge on any atom is 0.273 e. The van der Waals surface area contributed by atoms with E-state index in [4.69, 9.17) is 4.42 Å². The van der Waals surface area contributed by atoms with Gasteiger partial charge in [-0.1, -0.05) is 25.7 Å². The predicted molar refractivity (Wildman–Crippen MR) is 96.4 cm³/mol. The summed E-state index contributed by atoms with van der Waals surface area (Å²) < 4.78 is 4.90. The summed E-state index contributed by atoms with van der Waals surface area (Å²) in [6, 6.07) is 0.281. The van der Waals surface area contributed by atoms with Gasteiger partial charge >= 0.3 is 0 Å². The third kappa shape index (κ3) is 3.38. The topological polar surface area (TPSA) is 75.4 Å². The third-order valence-electron chi connectivity index (χ3n) is 6.84. The van der Waals surface area contributed by atoms with E-state index in [0.717, 1.165) is 32.2 Å². The molecule has 4 rings (SSSR count). The Morgan fingerprint density at radius 1 is 1.23 bits per heavy atom. The monoisotopic (exact) mass is 359 g/mol. The first kappa shape index (κ1) is 17.6. The van der Waals surface area contributed by atoms with E-state index in [1.165, 1.54) is 44.8 Å². The Morgan fingerprint density at radius 2 is 2.08 bits per heavy atom. The van der Waals surface area contributed by atoms with E-state index in [2.05, 4.69) is 15.2 Å². The van der Waals surface area contributed by atoms with Gasteiger partial charge in [-0.2, -0.15) is 0 Å². The molecule has 26 heavy (non-hydrogen) atoms. The molecule has 0 spiro atoms. The second kappa shape index (κ2) is 7.41. The number of oxazole rings is 1. The Hall–Kier alpha value is -1.85. The minimum atomic E-state index is -0.186. The van der Waals surface area contributed by atoms with Crippen molar-refractivity contribution in [3.05, 3.63) is 18.4 Å². The van der Waals surface area contributed by atoms with Crippen LogP contribution in [-0.4, -0.2) is 40.8 Å². The summed E-state index contributed by atoms with van der Waals surface area (Å²) in [6.45, 7) is 1.54. The molecular formula is C20H29N3O3. The van der Waals surface area contributed by atoms with Crippen LogP contribution in [0.15, 0.2) is 17.1 Å². The van der Waals surface area contributed by atoms with Crippen LogP contribution in [0.1, 0.15) is 74.7 Å². The van der Waals surface area contributed by atoms with Crippen molar-refractivity contribution in [3.8, 4) is 0 Å². The van der Waals surface area contributed by atoms with Crippen LogP contribution in [-0.2, 0) is 4.79 Å². The number of aromatic nitrogens is 1. The maximum atomic E-state index is 12.7. The number of piperidine rings is 1. The van der Waals surface area contributed by atoms with Crippen LogP contribution in [0.3, 0.4) is 0 Å². The first-order valence-electron chi connectivity index (χ1n) is 10.1. The van der Waals surface area contributed by atoms with Gasteiger partial charge in [0.1, 0.15) is 6.26 Å². The Morgan fingerprint density at radius 3 is 2.85 bits per heavy atom. The predicted octanol–water partition coefficient (Wildman–Crippen LogP) is 3.15. The Labute approximate surface area is 154 Å². The van der Waals surface area contributed by atoms with Gasteiger partial charge < -0.3 is 14.6 Å². The smallest absolute Gasteiger partial charge is 0.273 e. The number of hydrogen-bond acceptors (Lipinski definition) is 4. The minimum absolute atomic E-state index is 0.0297. The summed E-state index contributed by atoms with van der Waals surface area (Å²) in [4.78, 5) is 31.1. The molecule has 2 amide bonds. The molecule has 1 aliphatic heterocycles. The molecule has 2 aliphatic carbocycles. The van der Waals surface area contributed by atoms with Crippen molar-refractivity contribution in [1.82, 2.24) is 15.2 Å². The van der Waals surface area contributed by atoms with Gasteiger partial charge in [0, 0.05) is 31.0 Å². The molecule has 1 aromatic rings. The average molecular weight is 359 g/mol. The van der Waals surface area contributed by atoms with Gasteiger partial charge in [-0.25, -0.2) is 4.98 Å². The Bertz CT molecular complexity index is 639. The fourth-order valence-electron chi connectivity index (χ4n) is 5.41. The van der Waals surface area contributed by atoms with E-state index in [0.29, 0.717) is 30.5 Å². The SMILES string of the molecule is O=C(NC[C@@]12CCC[C@H]1N(CC1CCCCC1)C(=O)CC2)c1cocn1. The third-order valence-corrected chi connectivity index (χ3v) is 6.84. The van der Waals surface area contributed by atoms with Crippen molar-refractivity contribution < 1.29 is 14.0 Å². The van der Waals surface area contributed by atoms with Crippen molar-refractivity contribution in [2.45, 2.75) is 70.3 Å². The van der Waals surface area contributed by atoms with E-state index < -0.39 is 0 Å². The van der Waals surface area contributed by atoms with E-state index in [1.54, 1.807) is 0 Å². The van der Waals surface area contributed by atoms with Gasteiger partial charge in [-0.15, -0.1) is 0 Å². The van der Waals surface area contributed by atoms with Crippen molar-refractivity contribution in [1.29, 1.82) is 0 Å². The molecular weight excluding hydrogens is 330 g/mol. The lowest BCUT2D eigenvalue weighted by molar-refractivity contribution is -0.142. The van der Waals surface area contributed by atoms with Crippen LogP contribution in [0.4, 0.5) is 0 Å². The first-order chi connectivity index (χ1) is 12.7. The number of fused-ring (bicyclic) bond motifs is 1. The van der Waals surface area contributed by atoms with Gasteiger partial charge in [0.2, 0.25) is 5.91 Å². The highest BCUT2D eigenvalue weighted by Crippen LogP contribution is 2.48. The van der Waals surface area contributed by atoms with E-state index >= 15 is 0 Å². The van der Waals surface area contributed by atoms with Crippen LogP contribution < -0.4 is 5.32 Å². The molecule has 0 radical (unpaired) electrons. The van der Waals surface area contributed by atoms with Crippen LogP contribution >= 0.6 is 0 Å². The molecule has 1 aromatic heterocycles. The van der Waals surface area contributed by atoms with Gasteiger partial charge in [0.25, 0.3) is 5.91 Å². The minimum Gasteiger partial charge on any atom is -0.451 e. The lowest BCUT2D eigenvalue weighted by atomic mass is 9.74. The number of nitrogens with one attached hydrogen (secondary N) is 1. The molecule has 3 aliphatic rings. The number of hydrogen-bond donors (Lipinski definition) is 1. The van der Waals surface area contributed by atoms with Gasteiger partial charge in [0.15, 0.2) is 12.1 Å². The maximum absolute atomic E-state index is 12.7.